The zero-order valence-corrected chi connectivity index (χ0v) is 15.5. The van der Waals surface area contributed by atoms with Crippen molar-refractivity contribution in [3.05, 3.63) is 69.9 Å². The molecule has 2 aromatic rings. The minimum Gasteiger partial charge on any atom is -0.272 e. The third-order valence-electron chi connectivity index (χ3n) is 3.75. The van der Waals surface area contributed by atoms with Gasteiger partial charge < -0.3 is 0 Å². The Morgan fingerprint density at radius 2 is 1.71 bits per heavy atom. The number of carbonyl (C=O) groups excluding carboxylic acids is 1. The molecule has 0 bridgehead atoms. The summed E-state index contributed by atoms with van der Waals surface area (Å²) in [7, 11) is 0. The first-order valence-corrected chi connectivity index (χ1v) is 8.50. The van der Waals surface area contributed by atoms with Gasteiger partial charge in [0.15, 0.2) is 0 Å². The average molecular weight is 405 g/mol. The van der Waals surface area contributed by atoms with Crippen LogP contribution in [0.15, 0.2) is 58.0 Å². The van der Waals surface area contributed by atoms with Crippen molar-refractivity contribution in [1.29, 1.82) is 0 Å². The number of hydrogen-bond acceptors (Lipinski definition) is 3. The number of thiocarbonyl (C=S) groups is 1. The number of nitrogens with zero attached hydrogens (tertiary/aromatic N) is 2. The molecule has 1 aliphatic rings. The lowest BCUT2D eigenvalue weighted by molar-refractivity contribution is 0.0758. The van der Waals surface area contributed by atoms with Crippen LogP contribution in [0.3, 0.4) is 0 Å². The highest BCUT2D eigenvalue weighted by molar-refractivity contribution is 9.10. The molecule has 0 N–H and O–H groups in total. The van der Waals surface area contributed by atoms with Crippen molar-refractivity contribution in [3.63, 3.8) is 0 Å². The smallest absolute Gasteiger partial charge is 0.260 e. The number of halogens is 2. The van der Waals surface area contributed by atoms with E-state index in [1.54, 1.807) is 0 Å². The number of carbonyl (C=O) groups is 1. The second-order valence-electron chi connectivity index (χ2n) is 5.91. The maximum Gasteiger partial charge on any atom is 0.260 e. The van der Waals surface area contributed by atoms with Gasteiger partial charge in [0.2, 0.25) is 0 Å². The largest absolute Gasteiger partial charge is 0.272 e. The predicted octanol–water partition coefficient (Wildman–Crippen LogP) is 4.60. The van der Waals surface area contributed by atoms with Gasteiger partial charge >= 0.3 is 0 Å². The van der Waals surface area contributed by atoms with Crippen LogP contribution in [0.1, 0.15) is 29.8 Å². The van der Waals surface area contributed by atoms with Crippen molar-refractivity contribution >= 4 is 44.8 Å². The van der Waals surface area contributed by atoms with Crippen molar-refractivity contribution in [1.82, 2.24) is 4.90 Å². The van der Waals surface area contributed by atoms with Gasteiger partial charge in [0.1, 0.15) is 22.2 Å². The van der Waals surface area contributed by atoms with Crippen LogP contribution in [0.5, 0.6) is 0 Å². The summed E-state index contributed by atoms with van der Waals surface area (Å²) < 4.78 is 14.0. The molecular formula is C18H14BrFN2OS. The molecule has 0 fully saturated rings. The van der Waals surface area contributed by atoms with Gasteiger partial charge in [0.25, 0.3) is 5.91 Å². The molecule has 0 aliphatic carbocycles. The molecule has 122 valence electrons. The fourth-order valence-corrected chi connectivity index (χ4v) is 3.32. The minimum atomic E-state index is -0.801. The lowest BCUT2D eigenvalue weighted by Crippen LogP contribution is -2.46. The highest BCUT2D eigenvalue weighted by Gasteiger charge is 2.42. The summed E-state index contributed by atoms with van der Waals surface area (Å²) >= 11 is 8.91. The predicted molar refractivity (Wildman–Crippen MR) is 99.9 cm³/mol. The Bertz CT molecular complexity index is 844. The standard InChI is InChI=1S/C18H14BrFN2OS/c1-18(2)21-15(11-3-7-13(19)8-4-11)17(24)22(18)16(23)12-5-9-14(20)10-6-12/h3-10H,1-2H3. The van der Waals surface area contributed by atoms with Gasteiger partial charge in [-0.05, 0) is 50.2 Å². The second kappa shape index (κ2) is 6.18. The van der Waals surface area contributed by atoms with E-state index in [1.165, 1.54) is 29.2 Å². The molecule has 0 unspecified atom stereocenters. The van der Waals surface area contributed by atoms with Gasteiger partial charge in [-0.3, -0.25) is 14.7 Å². The summed E-state index contributed by atoms with van der Waals surface area (Å²) in [6, 6.07) is 13.0. The molecule has 0 aromatic heterocycles. The number of aliphatic imine (C=N–C) groups is 1. The molecule has 0 radical (unpaired) electrons. The summed E-state index contributed by atoms with van der Waals surface area (Å²) in [5.74, 6) is -0.678. The Labute approximate surface area is 153 Å². The summed E-state index contributed by atoms with van der Waals surface area (Å²) in [4.78, 5) is 19.3. The third kappa shape index (κ3) is 3.03. The molecule has 1 aliphatic heterocycles. The van der Waals surface area contributed by atoms with Gasteiger partial charge in [-0.25, -0.2) is 4.39 Å². The number of hydrogen-bond donors (Lipinski definition) is 0. The molecule has 1 heterocycles. The summed E-state index contributed by atoms with van der Waals surface area (Å²) in [6.07, 6.45) is 0. The maximum atomic E-state index is 13.1. The Hall–Kier alpha value is -1.92. The van der Waals surface area contributed by atoms with Gasteiger partial charge in [-0.15, -0.1) is 0 Å². The van der Waals surface area contributed by atoms with Crippen LogP contribution in [0.25, 0.3) is 0 Å². The van der Waals surface area contributed by atoms with Crippen molar-refractivity contribution in [2.75, 3.05) is 0 Å². The number of rotatable bonds is 2. The van der Waals surface area contributed by atoms with Crippen LogP contribution in [0.2, 0.25) is 0 Å². The lowest BCUT2D eigenvalue weighted by atomic mass is 10.1. The highest BCUT2D eigenvalue weighted by atomic mass is 79.9. The van der Waals surface area contributed by atoms with E-state index < -0.39 is 5.66 Å². The molecule has 3 nitrogen and oxygen atoms in total. The van der Waals surface area contributed by atoms with E-state index in [2.05, 4.69) is 20.9 Å². The van der Waals surface area contributed by atoms with Crippen molar-refractivity contribution in [2.45, 2.75) is 19.5 Å². The quantitative estimate of drug-likeness (QED) is 0.685. The van der Waals surface area contributed by atoms with Gasteiger partial charge in [0, 0.05) is 15.6 Å². The average Bonchev–Trinajstić information content (AvgIpc) is 2.78. The molecule has 0 saturated carbocycles. The monoisotopic (exact) mass is 404 g/mol. The van der Waals surface area contributed by atoms with Gasteiger partial charge in [-0.1, -0.05) is 40.3 Å². The van der Waals surface area contributed by atoms with Crippen LogP contribution < -0.4 is 0 Å². The van der Waals surface area contributed by atoms with Crippen LogP contribution in [-0.4, -0.2) is 27.2 Å². The Balaban J connectivity index is 1.96. The summed E-state index contributed by atoms with van der Waals surface area (Å²) in [5.41, 5.74) is 1.04. The third-order valence-corrected chi connectivity index (χ3v) is 4.65. The Morgan fingerprint density at radius 3 is 2.29 bits per heavy atom. The summed E-state index contributed by atoms with van der Waals surface area (Å²) in [5, 5.41) is 0. The molecule has 24 heavy (non-hydrogen) atoms. The molecular weight excluding hydrogens is 391 g/mol. The molecule has 1 amide bonds. The second-order valence-corrected chi connectivity index (χ2v) is 7.22. The van der Waals surface area contributed by atoms with E-state index >= 15 is 0 Å². The fourth-order valence-electron chi connectivity index (χ4n) is 2.58. The fraction of sp³-hybridized carbons (Fsp3) is 0.167. The van der Waals surface area contributed by atoms with E-state index in [0.717, 1.165) is 10.0 Å². The number of amides is 1. The van der Waals surface area contributed by atoms with Crippen LogP contribution >= 0.6 is 28.1 Å². The molecule has 0 saturated heterocycles. The topological polar surface area (TPSA) is 32.7 Å². The van der Waals surface area contributed by atoms with Crippen LogP contribution in [-0.2, 0) is 0 Å². The highest BCUT2D eigenvalue weighted by Crippen LogP contribution is 2.29. The SMILES string of the molecule is CC1(C)N=C(c2ccc(Br)cc2)C(=S)N1C(=O)c1ccc(F)cc1. The molecule has 3 rings (SSSR count). The molecule has 0 atom stereocenters. The molecule has 6 heteroatoms. The van der Waals surface area contributed by atoms with Gasteiger partial charge in [-0.2, -0.15) is 0 Å². The van der Waals surface area contributed by atoms with Gasteiger partial charge in [0.05, 0.1) is 0 Å². The zero-order valence-electron chi connectivity index (χ0n) is 13.1. The maximum absolute atomic E-state index is 13.1. The molecule has 2 aromatic carbocycles. The van der Waals surface area contributed by atoms with Crippen LogP contribution in [0, 0.1) is 5.82 Å². The lowest BCUT2D eigenvalue weighted by Gasteiger charge is -2.29. The summed E-state index contributed by atoms with van der Waals surface area (Å²) in [6.45, 7) is 3.65. The van der Waals surface area contributed by atoms with Crippen molar-refractivity contribution < 1.29 is 9.18 Å². The van der Waals surface area contributed by atoms with E-state index in [1.807, 2.05) is 38.1 Å². The first-order chi connectivity index (χ1) is 11.3. The normalized spacial score (nSPS) is 16.2. The Morgan fingerprint density at radius 1 is 1.12 bits per heavy atom. The zero-order chi connectivity index (χ0) is 17.5. The number of benzene rings is 2. The van der Waals surface area contributed by atoms with Crippen molar-refractivity contribution in [2.24, 2.45) is 4.99 Å². The van der Waals surface area contributed by atoms with E-state index in [9.17, 15) is 9.18 Å². The van der Waals surface area contributed by atoms with E-state index in [-0.39, 0.29) is 11.7 Å². The first kappa shape index (κ1) is 16.9. The Kier molecular flexibility index (Phi) is 4.36. The van der Waals surface area contributed by atoms with Crippen molar-refractivity contribution in [3.8, 4) is 0 Å². The molecule has 0 spiro atoms. The first-order valence-electron chi connectivity index (χ1n) is 7.30. The van der Waals surface area contributed by atoms with Crippen LogP contribution in [0.4, 0.5) is 4.39 Å². The minimum absolute atomic E-state index is 0.291. The van der Waals surface area contributed by atoms with E-state index in [0.29, 0.717) is 16.3 Å². The van der Waals surface area contributed by atoms with E-state index in [4.69, 9.17) is 12.2 Å².